The summed E-state index contributed by atoms with van der Waals surface area (Å²) < 4.78 is 2.24. The van der Waals surface area contributed by atoms with Crippen LogP contribution in [0.4, 0.5) is 0 Å². The standard InChI is InChI=1S/C24H31N3O/c1-3-4-12-26-24(28)23-11-13-27(18(23)2)17-20-8-6-10-22(15-20)21-9-5-7-19(14-21)16-25/h5,7,9,11,13-14,20,22H,3-4,6,8,10,12,15,17H2,1-2H3,(H,26,28). The van der Waals surface area contributed by atoms with Crippen LogP contribution in [0.25, 0.3) is 0 Å². The molecular weight excluding hydrogens is 346 g/mol. The fourth-order valence-electron chi connectivity index (χ4n) is 4.36. The summed E-state index contributed by atoms with van der Waals surface area (Å²) in [5, 5.41) is 12.2. The largest absolute Gasteiger partial charge is 0.352 e. The van der Waals surface area contributed by atoms with E-state index in [2.05, 4.69) is 35.1 Å². The molecule has 0 saturated heterocycles. The molecule has 2 aromatic rings. The Morgan fingerprint density at radius 2 is 2.18 bits per heavy atom. The molecule has 3 rings (SSSR count). The van der Waals surface area contributed by atoms with E-state index >= 15 is 0 Å². The van der Waals surface area contributed by atoms with Gasteiger partial charge in [-0.25, -0.2) is 0 Å². The average molecular weight is 378 g/mol. The summed E-state index contributed by atoms with van der Waals surface area (Å²) >= 11 is 0. The van der Waals surface area contributed by atoms with Crippen LogP contribution >= 0.6 is 0 Å². The topological polar surface area (TPSA) is 57.8 Å². The maximum absolute atomic E-state index is 12.4. The second-order valence-electron chi connectivity index (χ2n) is 8.04. The van der Waals surface area contributed by atoms with Gasteiger partial charge in [-0.15, -0.1) is 0 Å². The van der Waals surface area contributed by atoms with E-state index in [4.69, 9.17) is 5.26 Å². The van der Waals surface area contributed by atoms with Crippen LogP contribution in [0.2, 0.25) is 0 Å². The second kappa shape index (κ2) is 9.59. The molecule has 2 unspecified atom stereocenters. The Balaban J connectivity index is 1.64. The first kappa shape index (κ1) is 20.2. The molecule has 1 fully saturated rings. The van der Waals surface area contributed by atoms with Crippen LogP contribution in [0.15, 0.2) is 36.5 Å². The Morgan fingerprint density at radius 1 is 1.32 bits per heavy atom. The minimum atomic E-state index is 0.0412. The number of amides is 1. The van der Waals surface area contributed by atoms with Crippen LogP contribution in [0.3, 0.4) is 0 Å². The zero-order chi connectivity index (χ0) is 19.9. The van der Waals surface area contributed by atoms with Gasteiger partial charge in [-0.1, -0.05) is 31.9 Å². The number of nitrogens with one attached hydrogen (secondary N) is 1. The van der Waals surface area contributed by atoms with E-state index in [1.54, 1.807) is 0 Å². The van der Waals surface area contributed by atoms with Gasteiger partial charge in [-0.05, 0) is 68.2 Å². The van der Waals surface area contributed by atoms with Crippen molar-refractivity contribution in [1.29, 1.82) is 5.26 Å². The third-order valence-electron chi connectivity index (χ3n) is 6.03. The van der Waals surface area contributed by atoms with Gasteiger partial charge < -0.3 is 9.88 Å². The third kappa shape index (κ3) is 4.84. The first-order chi connectivity index (χ1) is 13.6. The van der Waals surface area contributed by atoms with Crippen LogP contribution in [-0.2, 0) is 6.54 Å². The number of carbonyl (C=O) groups excluding carboxylic acids is 1. The van der Waals surface area contributed by atoms with Crippen molar-refractivity contribution >= 4 is 5.91 Å². The lowest BCUT2D eigenvalue weighted by Crippen LogP contribution is -2.25. The minimum absolute atomic E-state index is 0.0412. The van der Waals surface area contributed by atoms with E-state index in [0.29, 0.717) is 11.8 Å². The van der Waals surface area contributed by atoms with Gasteiger partial charge >= 0.3 is 0 Å². The highest BCUT2D eigenvalue weighted by Crippen LogP contribution is 2.37. The van der Waals surface area contributed by atoms with Crippen molar-refractivity contribution in [3.63, 3.8) is 0 Å². The van der Waals surface area contributed by atoms with Crippen molar-refractivity contribution in [2.75, 3.05) is 6.54 Å². The molecule has 1 N–H and O–H groups in total. The van der Waals surface area contributed by atoms with Crippen molar-refractivity contribution in [1.82, 2.24) is 9.88 Å². The SMILES string of the molecule is CCCCNC(=O)c1ccn(CC2CCCC(c3cccc(C#N)c3)C2)c1C. The highest BCUT2D eigenvalue weighted by atomic mass is 16.1. The molecule has 148 valence electrons. The molecule has 1 saturated carbocycles. The molecule has 0 radical (unpaired) electrons. The van der Waals surface area contributed by atoms with Crippen LogP contribution in [-0.4, -0.2) is 17.0 Å². The fourth-order valence-corrected chi connectivity index (χ4v) is 4.36. The van der Waals surface area contributed by atoms with Crippen LogP contribution in [0, 0.1) is 24.2 Å². The summed E-state index contributed by atoms with van der Waals surface area (Å²) in [6, 6.07) is 12.3. The summed E-state index contributed by atoms with van der Waals surface area (Å²) in [5.41, 5.74) is 3.90. The average Bonchev–Trinajstić information content (AvgIpc) is 3.08. The van der Waals surface area contributed by atoms with Gasteiger partial charge in [0.25, 0.3) is 5.91 Å². The summed E-state index contributed by atoms with van der Waals surface area (Å²) in [7, 11) is 0. The van der Waals surface area contributed by atoms with Crippen LogP contribution in [0.1, 0.15) is 78.5 Å². The highest BCUT2D eigenvalue weighted by Gasteiger charge is 2.24. The van der Waals surface area contributed by atoms with Gasteiger partial charge in [-0.3, -0.25) is 4.79 Å². The lowest BCUT2D eigenvalue weighted by atomic mass is 9.77. The van der Waals surface area contributed by atoms with E-state index < -0.39 is 0 Å². The summed E-state index contributed by atoms with van der Waals surface area (Å²) in [6.07, 6.45) is 8.94. The van der Waals surface area contributed by atoms with Gasteiger partial charge in [0.2, 0.25) is 0 Å². The number of unbranched alkanes of at least 4 members (excludes halogenated alkanes) is 1. The van der Waals surface area contributed by atoms with Crippen molar-refractivity contribution in [2.24, 2.45) is 5.92 Å². The molecule has 28 heavy (non-hydrogen) atoms. The number of hydrogen-bond acceptors (Lipinski definition) is 2. The highest BCUT2D eigenvalue weighted by molar-refractivity contribution is 5.95. The summed E-state index contributed by atoms with van der Waals surface area (Å²) in [6.45, 7) is 5.88. The molecule has 0 bridgehead atoms. The normalized spacial score (nSPS) is 19.2. The molecule has 1 aromatic carbocycles. The van der Waals surface area contributed by atoms with Crippen LogP contribution < -0.4 is 5.32 Å². The zero-order valence-electron chi connectivity index (χ0n) is 17.1. The molecule has 4 heteroatoms. The summed E-state index contributed by atoms with van der Waals surface area (Å²) in [5.74, 6) is 1.17. The Kier molecular flexibility index (Phi) is 6.92. The number of hydrogen-bond donors (Lipinski definition) is 1. The molecule has 1 aliphatic carbocycles. The van der Waals surface area contributed by atoms with Gasteiger partial charge in [0, 0.05) is 25.0 Å². The molecule has 0 aliphatic heterocycles. The monoisotopic (exact) mass is 377 g/mol. The number of nitrogens with zero attached hydrogens (tertiary/aromatic N) is 2. The lowest BCUT2D eigenvalue weighted by molar-refractivity contribution is 0.0952. The fraction of sp³-hybridized carbons (Fsp3) is 0.500. The number of nitriles is 1. The third-order valence-corrected chi connectivity index (χ3v) is 6.03. The molecule has 1 amide bonds. The molecule has 1 heterocycles. The van der Waals surface area contributed by atoms with E-state index in [0.717, 1.165) is 49.2 Å². The molecule has 1 aromatic heterocycles. The molecular formula is C24H31N3O. The molecule has 1 aliphatic rings. The number of carbonyl (C=O) groups is 1. The van der Waals surface area contributed by atoms with E-state index in [9.17, 15) is 4.79 Å². The maximum Gasteiger partial charge on any atom is 0.253 e. The smallest absolute Gasteiger partial charge is 0.253 e. The Labute approximate surface area is 168 Å². The minimum Gasteiger partial charge on any atom is -0.352 e. The van der Waals surface area contributed by atoms with Crippen LogP contribution in [0.5, 0.6) is 0 Å². The summed E-state index contributed by atoms with van der Waals surface area (Å²) in [4.78, 5) is 12.4. The van der Waals surface area contributed by atoms with Crippen molar-refractivity contribution in [2.45, 2.75) is 64.8 Å². The Hall–Kier alpha value is -2.54. The Bertz CT molecular complexity index is 846. The van der Waals surface area contributed by atoms with Crippen molar-refractivity contribution in [3.05, 3.63) is 58.9 Å². The quantitative estimate of drug-likeness (QED) is 0.677. The van der Waals surface area contributed by atoms with E-state index in [-0.39, 0.29) is 5.91 Å². The van der Waals surface area contributed by atoms with Crippen molar-refractivity contribution < 1.29 is 4.79 Å². The van der Waals surface area contributed by atoms with Gasteiger partial charge in [0.05, 0.1) is 17.2 Å². The maximum atomic E-state index is 12.4. The van der Waals surface area contributed by atoms with Gasteiger partial charge in [-0.2, -0.15) is 5.26 Å². The molecule has 0 spiro atoms. The molecule has 4 nitrogen and oxygen atoms in total. The van der Waals surface area contributed by atoms with Crippen molar-refractivity contribution in [3.8, 4) is 6.07 Å². The van der Waals surface area contributed by atoms with E-state index in [1.165, 1.54) is 24.8 Å². The lowest BCUT2D eigenvalue weighted by Gasteiger charge is -2.30. The van der Waals surface area contributed by atoms with E-state index in [1.807, 2.05) is 31.2 Å². The zero-order valence-corrected chi connectivity index (χ0v) is 17.1. The second-order valence-corrected chi connectivity index (χ2v) is 8.04. The van der Waals surface area contributed by atoms with Gasteiger partial charge in [0.15, 0.2) is 0 Å². The number of benzene rings is 1. The van der Waals surface area contributed by atoms with Gasteiger partial charge in [0.1, 0.15) is 0 Å². The first-order valence-corrected chi connectivity index (χ1v) is 10.6. The predicted molar refractivity (Wildman–Crippen MR) is 112 cm³/mol. The first-order valence-electron chi connectivity index (χ1n) is 10.6. The Morgan fingerprint density at radius 3 is 2.96 bits per heavy atom. The predicted octanol–water partition coefficient (Wildman–Crippen LogP) is 5.17. The molecule has 2 atom stereocenters. The number of rotatable bonds is 7. The number of aromatic nitrogens is 1.